The van der Waals surface area contributed by atoms with Gasteiger partial charge in [0, 0.05) is 47.5 Å². The number of aliphatic hydroxyl groups is 1. The zero-order valence-corrected chi connectivity index (χ0v) is 24.5. The molecule has 9 nitrogen and oxygen atoms in total. The number of hydrogen-bond acceptors (Lipinski definition) is 7. The number of morpholine rings is 1. The van der Waals surface area contributed by atoms with Gasteiger partial charge < -0.3 is 19.3 Å². The van der Waals surface area contributed by atoms with Crippen molar-refractivity contribution in [2.24, 2.45) is 0 Å². The van der Waals surface area contributed by atoms with Gasteiger partial charge >= 0.3 is 0 Å². The summed E-state index contributed by atoms with van der Waals surface area (Å²) in [4.78, 5) is 20.2. The fraction of sp³-hybridized carbons (Fsp3) is 0.226. The largest absolute Gasteiger partial charge is 0.392 e. The van der Waals surface area contributed by atoms with E-state index in [4.69, 9.17) is 16.3 Å². The minimum atomic E-state index is -3.97. The minimum Gasteiger partial charge on any atom is -0.392 e. The van der Waals surface area contributed by atoms with E-state index in [1.165, 1.54) is 14.6 Å². The molecule has 0 bridgehead atoms. The van der Waals surface area contributed by atoms with E-state index < -0.39 is 10.0 Å². The van der Waals surface area contributed by atoms with Crippen LogP contribution < -0.4 is 10.5 Å². The summed E-state index contributed by atoms with van der Waals surface area (Å²) in [5.41, 5.74) is 4.41. The first-order valence-corrected chi connectivity index (χ1v) is 15.3. The van der Waals surface area contributed by atoms with Gasteiger partial charge in [-0.25, -0.2) is 17.4 Å². The molecule has 0 unspecified atom stereocenters. The van der Waals surface area contributed by atoms with Gasteiger partial charge in [-0.1, -0.05) is 35.4 Å². The lowest BCUT2D eigenvalue weighted by molar-refractivity contribution is 0.122. The highest BCUT2D eigenvalue weighted by atomic mass is 35.5. The van der Waals surface area contributed by atoms with Crippen LogP contribution in [0.1, 0.15) is 16.7 Å². The summed E-state index contributed by atoms with van der Waals surface area (Å²) in [6.45, 7) is 4.59. The van der Waals surface area contributed by atoms with Crippen LogP contribution in [0.4, 0.5) is 5.69 Å². The number of aromatic nitrogens is 3. The molecule has 0 radical (unpaired) electrons. The number of anilines is 1. The molecule has 4 heterocycles. The van der Waals surface area contributed by atoms with Crippen molar-refractivity contribution in [2.45, 2.75) is 25.0 Å². The van der Waals surface area contributed by atoms with Crippen LogP contribution in [-0.2, 0) is 27.9 Å². The summed E-state index contributed by atoms with van der Waals surface area (Å²) in [5.74, 6) is 0. The number of fused-ring (bicyclic) bond motifs is 1. The maximum absolute atomic E-state index is 13.8. The third kappa shape index (κ3) is 5.46. The predicted molar refractivity (Wildman–Crippen MR) is 163 cm³/mol. The van der Waals surface area contributed by atoms with Gasteiger partial charge in [0.2, 0.25) is 0 Å². The number of rotatable bonds is 7. The smallest absolute Gasteiger partial charge is 0.269 e. The molecule has 6 rings (SSSR count). The number of aliphatic hydroxyl groups excluding tert-OH is 1. The second kappa shape index (κ2) is 11.4. The molecular weight excluding hydrogens is 576 g/mol. The third-order valence-corrected chi connectivity index (χ3v) is 9.29. The molecule has 5 aromatic rings. The standard InChI is InChI=1S/C31H29ClN4O5S/c1-21-2-4-27(5-3-21)42(39,40)36-19-29(28-16-26(17-33-31(28)36)34-8-10-41-11-9-34)24-6-7-35(30(38)15-24)18-22-12-23(20-37)14-25(32)13-22/h2-7,12-17,19,37H,8-11,18,20H2,1H3. The number of pyridine rings is 2. The highest BCUT2D eigenvalue weighted by molar-refractivity contribution is 7.90. The summed E-state index contributed by atoms with van der Waals surface area (Å²) in [5, 5.41) is 10.6. The molecule has 0 atom stereocenters. The second-order valence-corrected chi connectivity index (χ2v) is 12.6. The van der Waals surface area contributed by atoms with E-state index in [1.807, 2.05) is 13.0 Å². The molecule has 1 N–H and O–H groups in total. The summed E-state index contributed by atoms with van der Waals surface area (Å²) >= 11 is 6.19. The normalized spacial score (nSPS) is 14.0. The average Bonchev–Trinajstić information content (AvgIpc) is 3.38. The van der Waals surface area contributed by atoms with Gasteiger partial charge in [-0.2, -0.15) is 0 Å². The Morgan fingerprint density at radius 3 is 2.45 bits per heavy atom. The van der Waals surface area contributed by atoms with Crippen molar-refractivity contribution < 1.29 is 18.3 Å². The van der Waals surface area contributed by atoms with Crippen LogP contribution in [0, 0.1) is 6.92 Å². The van der Waals surface area contributed by atoms with E-state index in [0.717, 1.165) is 16.8 Å². The summed E-state index contributed by atoms with van der Waals surface area (Å²) < 4.78 is 35.8. The number of benzene rings is 2. The van der Waals surface area contributed by atoms with Crippen LogP contribution in [-0.4, -0.2) is 53.4 Å². The Balaban J connectivity index is 1.46. The highest BCUT2D eigenvalue weighted by Crippen LogP contribution is 2.34. The van der Waals surface area contributed by atoms with Gasteiger partial charge in [-0.3, -0.25) is 4.79 Å². The van der Waals surface area contributed by atoms with Crippen molar-refractivity contribution in [1.82, 2.24) is 13.5 Å². The fourth-order valence-electron chi connectivity index (χ4n) is 5.20. The number of nitrogens with zero attached hydrogens (tertiary/aromatic N) is 4. The van der Waals surface area contributed by atoms with Crippen LogP contribution in [0.2, 0.25) is 5.02 Å². The first-order chi connectivity index (χ1) is 20.2. The molecule has 42 heavy (non-hydrogen) atoms. The molecule has 3 aromatic heterocycles. The number of aryl methyl sites for hydroxylation is 1. The maximum atomic E-state index is 13.8. The Morgan fingerprint density at radius 1 is 1.00 bits per heavy atom. The quantitative estimate of drug-likeness (QED) is 0.293. The van der Waals surface area contributed by atoms with Crippen LogP contribution in [0.15, 0.2) is 88.9 Å². The second-order valence-electron chi connectivity index (χ2n) is 10.3. The van der Waals surface area contributed by atoms with Crippen molar-refractivity contribution in [2.75, 3.05) is 31.2 Å². The monoisotopic (exact) mass is 604 g/mol. The van der Waals surface area contributed by atoms with E-state index in [9.17, 15) is 18.3 Å². The van der Waals surface area contributed by atoms with Crippen molar-refractivity contribution >= 4 is 38.3 Å². The van der Waals surface area contributed by atoms with Crippen molar-refractivity contribution in [3.63, 3.8) is 0 Å². The van der Waals surface area contributed by atoms with Gasteiger partial charge in [-0.15, -0.1) is 0 Å². The van der Waals surface area contributed by atoms with E-state index in [0.29, 0.717) is 53.4 Å². The van der Waals surface area contributed by atoms with E-state index in [2.05, 4.69) is 9.88 Å². The topological polar surface area (TPSA) is 107 Å². The molecule has 1 aliphatic heterocycles. The highest BCUT2D eigenvalue weighted by Gasteiger charge is 2.24. The Labute approximate surface area is 248 Å². The number of halogens is 1. The molecule has 0 aliphatic carbocycles. The number of hydrogen-bond donors (Lipinski definition) is 1. The SMILES string of the molecule is Cc1ccc(S(=O)(=O)n2cc(-c3ccn(Cc4cc(Cl)cc(CO)c4)c(=O)c3)c3cc(N4CCOCC4)cnc32)cc1. The summed E-state index contributed by atoms with van der Waals surface area (Å²) in [6.07, 6.45) is 4.90. The third-order valence-electron chi connectivity index (χ3n) is 7.41. The lowest BCUT2D eigenvalue weighted by atomic mass is 10.1. The molecule has 0 saturated carbocycles. The van der Waals surface area contributed by atoms with Crippen LogP contribution in [0.5, 0.6) is 0 Å². The molecule has 2 aromatic carbocycles. The van der Waals surface area contributed by atoms with E-state index in [1.54, 1.807) is 67.1 Å². The molecule has 0 spiro atoms. The van der Waals surface area contributed by atoms with Gasteiger partial charge in [-0.05, 0) is 60.0 Å². The molecule has 1 saturated heterocycles. The van der Waals surface area contributed by atoms with Crippen molar-refractivity contribution in [1.29, 1.82) is 0 Å². The van der Waals surface area contributed by atoms with Gasteiger partial charge in [0.15, 0.2) is 5.65 Å². The molecule has 216 valence electrons. The lowest BCUT2D eigenvalue weighted by Crippen LogP contribution is -2.36. The van der Waals surface area contributed by atoms with Crippen LogP contribution in [0.25, 0.3) is 22.2 Å². The molecule has 1 aliphatic rings. The Morgan fingerprint density at radius 2 is 1.74 bits per heavy atom. The molecule has 0 amide bonds. The first-order valence-electron chi connectivity index (χ1n) is 13.5. The lowest BCUT2D eigenvalue weighted by Gasteiger charge is -2.28. The molecular formula is C31H29ClN4O5S. The minimum absolute atomic E-state index is 0.148. The molecule has 11 heteroatoms. The van der Waals surface area contributed by atoms with Crippen molar-refractivity contribution in [3.05, 3.63) is 111 Å². The zero-order chi connectivity index (χ0) is 29.4. The molecule has 1 fully saturated rings. The van der Waals surface area contributed by atoms with Gasteiger partial charge in [0.1, 0.15) is 0 Å². The van der Waals surface area contributed by atoms with Gasteiger partial charge in [0.05, 0.1) is 43.1 Å². The van der Waals surface area contributed by atoms with Crippen molar-refractivity contribution in [3.8, 4) is 11.1 Å². The summed E-state index contributed by atoms with van der Waals surface area (Å²) in [7, 11) is -3.97. The zero-order valence-electron chi connectivity index (χ0n) is 22.9. The van der Waals surface area contributed by atoms with Crippen LogP contribution >= 0.6 is 11.6 Å². The summed E-state index contributed by atoms with van der Waals surface area (Å²) in [6, 6.07) is 17.1. The van der Waals surface area contributed by atoms with Crippen LogP contribution in [0.3, 0.4) is 0 Å². The maximum Gasteiger partial charge on any atom is 0.269 e. The average molecular weight is 605 g/mol. The fourth-order valence-corrected chi connectivity index (χ4v) is 6.81. The Kier molecular flexibility index (Phi) is 7.63. The Bertz CT molecular complexity index is 1950. The number of ether oxygens (including phenoxy) is 1. The van der Waals surface area contributed by atoms with E-state index >= 15 is 0 Å². The van der Waals surface area contributed by atoms with Gasteiger partial charge in [0.25, 0.3) is 15.6 Å². The predicted octanol–water partition coefficient (Wildman–Crippen LogP) is 4.44. The Hall–Kier alpha value is -3.96. The van der Waals surface area contributed by atoms with E-state index in [-0.39, 0.29) is 29.3 Å². The first kappa shape index (κ1) is 28.2.